The van der Waals surface area contributed by atoms with E-state index < -0.39 is 28.4 Å². The minimum atomic E-state index is -0.857. The van der Waals surface area contributed by atoms with Gasteiger partial charge in [0.25, 0.3) is 11.6 Å². The molecule has 9 nitrogen and oxygen atoms in total. The van der Waals surface area contributed by atoms with Crippen molar-refractivity contribution in [1.29, 1.82) is 0 Å². The van der Waals surface area contributed by atoms with Crippen molar-refractivity contribution in [3.63, 3.8) is 0 Å². The van der Waals surface area contributed by atoms with E-state index in [-0.39, 0.29) is 17.8 Å². The van der Waals surface area contributed by atoms with E-state index in [2.05, 4.69) is 4.98 Å². The predicted molar refractivity (Wildman–Crippen MR) is 110 cm³/mol. The lowest BCUT2D eigenvalue weighted by Crippen LogP contribution is -2.32. The van der Waals surface area contributed by atoms with Gasteiger partial charge in [-0.15, -0.1) is 11.3 Å². The Morgan fingerprint density at radius 1 is 1.33 bits per heavy atom. The topological polar surface area (TPSA) is 123 Å². The summed E-state index contributed by atoms with van der Waals surface area (Å²) in [5.74, 6) is -1.73. The largest absolute Gasteiger partial charge is 0.503 e. The first-order valence-electron chi connectivity index (χ1n) is 9.22. The number of ether oxygens (including phenoxy) is 1. The molecule has 0 aliphatic carbocycles. The van der Waals surface area contributed by atoms with E-state index in [4.69, 9.17) is 4.74 Å². The average Bonchev–Trinajstić information content (AvgIpc) is 3.18. The van der Waals surface area contributed by atoms with Crippen LogP contribution in [0.5, 0.6) is 0 Å². The first-order chi connectivity index (χ1) is 14.3. The molecule has 10 heteroatoms. The third kappa shape index (κ3) is 3.96. The molecule has 1 aliphatic rings. The van der Waals surface area contributed by atoms with Crippen molar-refractivity contribution in [1.82, 2.24) is 9.88 Å². The average molecular weight is 431 g/mol. The van der Waals surface area contributed by atoms with Gasteiger partial charge in [0.1, 0.15) is 0 Å². The molecule has 0 bridgehead atoms. The van der Waals surface area contributed by atoms with Gasteiger partial charge >= 0.3 is 0 Å². The summed E-state index contributed by atoms with van der Waals surface area (Å²) < 4.78 is 5.05. The second-order valence-corrected chi connectivity index (χ2v) is 8.04. The predicted octanol–water partition coefficient (Wildman–Crippen LogP) is 3.28. The van der Waals surface area contributed by atoms with Crippen molar-refractivity contribution in [3.8, 4) is 0 Å². The monoisotopic (exact) mass is 431 g/mol. The van der Waals surface area contributed by atoms with E-state index in [0.29, 0.717) is 34.2 Å². The number of amides is 1. The number of nitro benzene ring substituents is 1. The number of aryl methyl sites for hydroxylation is 2. The lowest BCUT2D eigenvalue weighted by molar-refractivity contribution is -0.384. The maximum absolute atomic E-state index is 13.3. The zero-order valence-corrected chi connectivity index (χ0v) is 17.6. The normalized spacial score (nSPS) is 16.4. The summed E-state index contributed by atoms with van der Waals surface area (Å²) in [4.78, 5) is 42.6. The van der Waals surface area contributed by atoms with Crippen molar-refractivity contribution in [2.75, 3.05) is 20.3 Å². The van der Waals surface area contributed by atoms with E-state index in [1.54, 1.807) is 21.0 Å². The number of hydrogen-bond acceptors (Lipinski definition) is 8. The number of Topliss-reactive ketones (excluding diaryl/α,β-unsaturated/α-hetero) is 1. The zero-order valence-electron chi connectivity index (χ0n) is 16.7. The Morgan fingerprint density at radius 3 is 2.53 bits per heavy atom. The molecule has 0 spiro atoms. The van der Waals surface area contributed by atoms with Gasteiger partial charge in [-0.3, -0.25) is 19.7 Å². The summed E-state index contributed by atoms with van der Waals surface area (Å²) in [5, 5.41) is 22.3. The highest BCUT2D eigenvalue weighted by Gasteiger charge is 2.44. The van der Waals surface area contributed by atoms with Crippen LogP contribution in [0, 0.1) is 24.0 Å². The molecule has 1 unspecified atom stereocenters. The third-order valence-electron chi connectivity index (χ3n) is 4.83. The fraction of sp³-hybridized carbons (Fsp3) is 0.350. The number of aliphatic hydroxyl groups excluding tert-OH is 1. The molecule has 30 heavy (non-hydrogen) atoms. The molecule has 0 saturated heterocycles. The second kappa shape index (κ2) is 8.72. The summed E-state index contributed by atoms with van der Waals surface area (Å²) >= 11 is 1.19. The molecule has 0 fully saturated rings. The smallest absolute Gasteiger partial charge is 0.290 e. The van der Waals surface area contributed by atoms with Crippen LogP contribution in [0.15, 0.2) is 35.6 Å². The summed E-state index contributed by atoms with van der Waals surface area (Å²) in [5.41, 5.74) is 0.871. The highest BCUT2D eigenvalue weighted by molar-refractivity contribution is 7.14. The van der Waals surface area contributed by atoms with Crippen LogP contribution < -0.4 is 0 Å². The molecular weight excluding hydrogens is 410 g/mol. The lowest BCUT2D eigenvalue weighted by atomic mass is 9.95. The van der Waals surface area contributed by atoms with Crippen LogP contribution in [0.4, 0.5) is 5.69 Å². The molecule has 1 N–H and O–H groups in total. The number of carbonyl (C=O) groups excluding carboxylic acids is 2. The molecule has 0 saturated carbocycles. The van der Waals surface area contributed by atoms with Gasteiger partial charge in [0.2, 0.25) is 5.78 Å². The van der Waals surface area contributed by atoms with Gasteiger partial charge in [0.15, 0.2) is 5.76 Å². The molecule has 1 aromatic carbocycles. The Kier molecular flexibility index (Phi) is 6.28. The van der Waals surface area contributed by atoms with Gasteiger partial charge in [-0.2, -0.15) is 0 Å². The maximum Gasteiger partial charge on any atom is 0.290 e. The first kappa shape index (κ1) is 21.6. The van der Waals surface area contributed by atoms with Crippen LogP contribution in [-0.4, -0.2) is 51.9 Å². The minimum Gasteiger partial charge on any atom is -0.503 e. The van der Waals surface area contributed by atoms with E-state index in [1.165, 1.54) is 40.5 Å². The van der Waals surface area contributed by atoms with Gasteiger partial charge in [0, 0.05) is 32.4 Å². The molecule has 2 heterocycles. The molecule has 0 radical (unpaired) electrons. The molecule has 1 aliphatic heterocycles. The number of nitro groups is 1. The summed E-state index contributed by atoms with van der Waals surface area (Å²) in [7, 11) is 1.54. The lowest BCUT2D eigenvalue weighted by Gasteiger charge is -2.26. The number of benzene rings is 1. The fourth-order valence-corrected chi connectivity index (χ4v) is 4.36. The molecule has 3 rings (SSSR count). The van der Waals surface area contributed by atoms with Crippen LogP contribution in [-0.2, 0) is 9.53 Å². The summed E-state index contributed by atoms with van der Waals surface area (Å²) in [6, 6.07) is 4.76. The van der Waals surface area contributed by atoms with Gasteiger partial charge in [-0.25, -0.2) is 4.98 Å². The number of aliphatic hydroxyl groups is 1. The number of hydrogen-bond donors (Lipinski definition) is 1. The summed E-state index contributed by atoms with van der Waals surface area (Å²) in [6.45, 7) is 4.11. The first-order valence-corrected chi connectivity index (χ1v) is 10.0. The Labute approximate surface area is 176 Å². The molecule has 2 aromatic rings. The van der Waals surface area contributed by atoms with Gasteiger partial charge < -0.3 is 14.7 Å². The quantitative estimate of drug-likeness (QED) is 0.294. The Hall–Kier alpha value is -3.11. The number of nitrogens with zero attached hydrogens (tertiary/aromatic N) is 3. The zero-order chi connectivity index (χ0) is 22.0. The van der Waals surface area contributed by atoms with Crippen molar-refractivity contribution in [2.24, 2.45) is 0 Å². The van der Waals surface area contributed by atoms with Crippen molar-refractivity contribution >= 4 is 28.7 Å². The van der Waals surface area contributed by atoms with Crippen molar-refractivity contribution in [2.45, 2.75) is 26.3 Å². The number of aromatic nitrogens is 1. The summed E-state index contributed by atoms with van der Waals surface area (Å²) in [6.07, 6.45) is 0.499. The van der Waals surface area contributed by atoms with Crippen LogP contribution in [0.25, 0.3) is 0 Å². The maximum atomic E-state index is 13.3. The minimum absolute atomic E-state index is 0.0435. The van der Waals surface area contributed by atoms with Crippen LogP contribution >= 0.6 is 11.3 Å². The highest BCUT2D eigenvalue weighted by Crippen LogP contribution is 2.40. The van der Waals surface area contributed by atoms with Gasteiger partial charge in [-0.05, 0) is 38.0 Å². The van der Waals surface area contributed by atoms with Crippen molar-refractivity contribution in [3.05, 3.63) is 66.9 Å². The van der Waals surface area contributed by atoms with Gasteiger partial charge in [-0.1, -0.05) is 0 Å². The molecule has 1 atom stereocenters. The standard InChI is InChI=1S/C20H21N3O6S/c1-11-19(30-12(2)21-11)17(24)15-16(13-5-7-14(8-6-13)23(27)28)22(9-4-10-29-3)20(26)18(15)25/h5-8,16,25H,4,9-10H2,1-3H3. The molecule has 1 amide bonds. The van der Waals surface area contributed by atoms with Crippen LogP contribution in [0.1, 0.15) is 38.4 Å². The van der Waals surface area contributed by atoms with E-state index >= 15 is 0 Å². The van der Waals surface area contributed by atoms with Crippen LogP contribution in [0.3, 0.4) is 0 Å². The number of thiazole rings is 1. The highest BCUT2D eigenvalue weighted by atomic mass is 32.1. The molecular formula is C20H21N3O6S. The van der Waals surface area contributed by atoms with E-state index in [9.17, 15) is 24.8 Å². The number of methoxy groups -OCH3 is 1. The second-order valence-electron chi connectivity index (χ2n) is 6.83. The van der Waals surface area contributed by atoms with E-state index in [1.807, 2.05) is 0 Å². The molecule has 158 valence electrons. The Bertz CT molecular complexity index is 1030. The Morgan fingerprint density at radius 2 is 2.00 bits per heavy atom. The van der Waals surface area contributed by atoms with E-state index in [0.717, 1.165) is 0 Å². The number of non-ortho nitro benzene ring substituents is 1. The van der Waals surface area contributed by atoms with Crippen LogP contribution in [0.2, 0.25) is 0 Å². The van der Waals surface area contributed by atoms with Gasteiger partial charge in [0.05, 0.1) is 32.1 Å². The third-order valence-corrected chi connectivity index (χ3v) is 5.90. The SMILES string of the molecule is COCCCN1C(=O)C(O)=C(C(=O)c2sc(C)nc2C)C1c1ccc([N+](=O)[O-])cc1. The number of rotatable bonds is 8. The number of carbonyl (C=O) groups is 2. The molecule has 1 aromatic heterocycles. The fourth-order valence-electron chi connectivity index (χ4n) is 3.48. The number of ketones is 1. The van der Waals surface area contributed by atoms with Crippen molar-refractivity contribution < 1.29 is 24.4 Å². The Balaban J connectivity index is 2.06.